The van der Waals surface area contributed by atoms with Crippen LogP contribution in [0.5, 0.6) is 0 Å². The van der Waals surface area contributed by atoms with Crippen molar-refractivity contribution in [2.24, 2.45) is 7.05 Å². The van der Waals surface area contributed by atoms with E-state index in [1.807, 2.05) is 59.1 Å². The Hall–Kier alpha value is -1.66. The number of hydrogen-bond acceptors (Lipinski definition) is 4. The van der Waals surface area contributed by atoms with Crippen molar-refractivity contribution in [2.75, 3.05) is 0 Å². The van der Waals surface area contributed by atoms with Gasteiger partial charge in [-0.2, -0.15) is 5.10 Å². The summed E-state index contributed by atoms with van der Waals surface area (Å²) in [7, 11) is 1.46. The molecule has 0 aliphatic carbocycles. The topological polar surface area (TPSA) is 49.2 Å². The van der Waals surface area contributed by atoms with E-state index >= 15 is 0 Å². The summed E-state index contributed by atoms with van der Waals surface area (Å²) in [5.74, 6) is 0. The van der Waals surface area contributed by atoms with Crippen molar-refractivity contribution >= 4 is 12.6 Å². The molecule has 0 bridgehead atoms. The lowest BCUT2D eigenvalue weighted by molar-refractivity contribution is 0.00578. The zero-order valence-corrected chi connectivity index (χ0v) is 13.1. The van der Waals surface area contributed by atoms with Gasteiger partial charge in [-0.3, -0.25) is 9.67 Å². The second-order valence-corrected chi connectivity index (χ2v) is 6.41. The molecule has 21 heavy (non-hydrogen) atoms. The highest BCUT2D eigenvalue weighted by molar-refractivity contribution is 6.63. The first-order valence-corrected chi connectivity index (χ1v) is 7.11. The van der Waals surface area contributed by atoms with E-state index in [4.69, 9.17) is 9.31 Å². The third-order valence-electron chi connectivity index (χ3n) is 4.27. The van der Waals surface area contributed by atoms with Gasteiger partial charge in [-0.25, -0.2) is 0 Å². The van der Waals surface area contributed by atoms with Gasteiger partial charge >= 0.3 is 7.12 Å². The zero-order chi connectivity index (χ0) is 15.3. The molecule has 0 amide bonds. The molecule has 0 saturated carbocycles. The SMILES string of the molecule is Cn1cc(B2OC(C)(C)C(C)(C)O2)c(-c2ccccn2)n1. The molecule has 2 aromatic heterocycles. The summed E-state index contributed by atoms with van der Waals surface area (Å²) in [5.41, 5.74) is 1.80. The van der Waals surface area contributed by atoms with Crippen molar-refractivity contribution in [3.8, 4) is 11.4 Å². The molecule has 0 N–H and O–H groups in total. The Morgan fingerprint density at radius 1 is 1.10 bits per heavy atom. The Bertz CT molecular complexity index is 636. The lowest BCUT2D eigenvalue weighted by atomic mass is 9.78. The summed E-state index contributed by atoms with van der Waals surface area (Å²) in [5, 5.41) is 4.52. The fourth-order valence-electron chi connectivity index (χ4n) is 2.35. The highest BCUT2D eigenvalue weighted by atomic mass is 16.7. The number of pyridine rings is 1. The highest BCUT2D eigenvalue weighted by Gasteiger charge is 2.52. The quantitative estimate of drug-likeness (QED) is 0.789. The summed E-state index contributed by atoms with van der Waals surface area (Å²) < 4.78 is 14.0. The van der Waals surface area contributed by atoms with E-state index in [0.29, 0.717) is 0 Å². The first-order chi connectivity index (χ1) is 9.80. The third-order valence-corrected chi connectivity index (χ3v) is 4.27. The Labute approximate surface area is 125 Å². The zero-order valence-electron chi connectivity index (χ0n) is 13.1. The maximum absolute atomic E-state index is 6.12. The largest absolute Gasteiger partial charge is 0.498 e. The lowest BCUT2D eigenvalue weighted by Crippen LogP contribution is -2.41. The predicted octanol–water partition coefficient (Wildman–Crippen LogP) is 1.78. The van der Waals surface area contributed by atoms with E-state index in [1.54, 1.807) is 10.9 Å². The summed E-state index contributed by atoms with van der Waals surface area (Å²) in [4.78, 5) is 4.38. The molecule has 1 fully saturated rings. The Morgan fingerprint density at radius 2 is 1.76 bits per heavy atom. The average molecular weight is 285 g/mol. The third kappa shape index (κ3) is 2.38. The monoisotopic (exact) mass is 285 g/mol. The smallest absolute Gasteiger partial charge is 0.399 e. The van der Waals surface area contributed by atoms with Crippen LogP contribution in [0.25, 0.3) is 11.4 Å². The molecule has 3 rings (SSSR count). The molecule has 1 saturated heterocycles. The fraction of sp³-hybridized carbons (Fsp3) is 0.467. The van der Waals surface area contributed by atoms with Gasteiger partial charge in [0.15, 0.2) is 0 Å². The van der Waals surface area contributed by atoms with E-state index < -0.39 is 7.12 Å². The van der Waals surface area contributed by atoms with Gasteiger partial charge < -0.3 is 9.31 Å². The summed E-state index contributed by atoms with van der Waals surface area (Å²) in [6, 6.07) is 5.78. The van der Waals surface area contributed by atoms with Gasteiger partial charge in [0.2, 0.25) is 0 Å². The molecule has 0 radical (unpaired) electrons. The van der Waals surface area contributed by atoms with Gasteiger partial charge in [-0.05, 0) is 39.8 Å². The number of aryl methyl sites for hydroxylation is 1. The Morgan fingerprint density at radius 3 is 2.33 bits per heavy atom. The summed E-state index contributed by atoms with van der Waals surface area (Å²) in [6.45, 7) is 8.18. The minimum absolute atomic E-state index is 0.366. The molecule has 1 aliphatic heterocycles. The van der Waals surface area contributed by atoms with E-state index in [9.17, 15) is 0 Å². The Kier molecular flexibility index (Phi) is 3.18. The molecule has 0 spiro atoms. The first-order valence-electron chi connectivity index (χ1n) is 7.11. The molecule has 0 atom stereocenters. The second kappa shape index (κ2) is 4.68. The molecule has 5 nitrogen and oxygen atoms in total. The van der Waals surface area contributed by atoms with Crippen molar-refractivity contribution in [3.63, 3.8) is 0 Å². The predicted molar refractivity (Wildman–Crippen MR) is 82.2 cm³/mol. The van der Waals surface area contributed by atoms with Crippen LogP contribution < -0.4 is 5.46 Å². The van der Waals surface area contributed by atoms with Crippen LogP contribution in [-0.2, 0) is 16.4 Å². The normalized spacial score (nSPS) is 20.0. The minimum Gasteiger partial charge on any atom is -0.399 e. The second-order valence-electron chi connectivity index (χ2n) is 6.41. The number of rotatable bonds is 2. The molecule has 1 aliphatic rings. The van der Waals surface area contributed by atoms with Crippen molar-refractivity contribution in [3.05, 3.63) is 30.6 Å². The van der Waals surface area contributed by atoms with Crippen molar-refractivity contribution < 1.29 is 9.31 Å². The van der Waals surface area contributed by atoms with Crippen LogP contribution in [0.2, 0.25) is 0 Å². The van der Waals surface area contributed by atoms with Gasteiger partial charge in [0.05, 0.1) is 16.9 Å². The molecule has 6 heteroatoms. The molecule has 2 aromatic rings. The number of aromatic nitrogens is 3. The van der Waals surface area contributed by atoms with Gasteiger partial charge in [0.1, 0.15) is 5.69 Å². The summed E-state index contributed by atoms with van der Waals surface area (Å²) in [6.07, 6.45) is 3.70. The fourth-order valence-corrected chi connectivity index (χ4v) is 2.35. The van der Waals surface area contributed by atoms with Crippen molar-refractivity contribution in [1.82, 2.24) is 14.8 Å². The number of hydrogen-bond donors (Lipinski definition) is 0. The van der Waals surface area contributed by atoms with E-state index in [0.717, 1.165) is 16.9 Å². The highest BCUT2D eigenvalue weighted by Crippen LogP contribution is 2.37. The summed E-state index contributed by atoms with van der Waals surface area (Å²) >= 11 is 0. The maximum Gasteiger partial charge on any atom is 0.498 e. The van der Waals surface area contributed by atoms with E-state index in [2.05, 4.69) is 10.1 Å². The minimum atomic E-state index is -0.430. The van der Waals surface area contributed by atoms with Gasteiger partial charge in [0.25, 0.3) is 0 Å². The molecular weight excluding hydrogens is 265 g/mol. The average Bonchev–Trinajstić information content (AvgIpc) is 2.89. The van der Waals surface area contributed by atoms with Crippen LogP contribution in [0.4, 0.5) is 0 Å². The van der Waals surface area contributed by atoms with Crippen molar-refractivity contribution in [1.29, 1.82) is 0 Å². The molecular formula is C15H20BN3O2. The van der Waals surface area contributed by atoms with Gasteiger partial charge in [-0.15, -0.1) is 0 Å². The van der Waals surface area contributed by atoms with Crippen LogP contribution in [0.1, 0.15) is 27.7 Å². The lowest BCUT2D eigenvalue weighted by Gasteiger charge is -2.32. The van der Waals surface area contributed by atoms with Gasteiger partial charge in [-0.1, -0.05) is 6.07 Å². The van der Waals surface area contributed by atoms with Crippen LogP contribution in [0, 0.1) is 0 Å². The van der Waals surface area contributed by atoms with Crippen LogP contribution in [-0.4, -0.2) is 33.1 Å². The van der Waals surface area contributed by atoms with E-state index in [1.165, 1.54) is 0 Å². The first kappa shape index (κ1) is 14.3. The van der Waals surface area contributed by atoms with Crippen LogP contribution in [0.15, 0.2) is 30.6 Å². The standard InChI is InChI=1S/C15H20BN3O2/c1-14(2)15(3,4)21-16(20-14)11-10-19(5)18-13(11)12-8-6-7-9-17-12/h6-10H,1-5H3. The van der Waals surface area contributed by atoms with Crippen molar-refractivity contribution in [2.45, 2.75) is 38.9 Å². The van der Waals surface area contributed by atoms with Crippen LogP contribution in [0.3, 0.4) is 0 Å². The molecule has 3 heterocycles. The molecule has 0 aromatic carbocycles. The van der Waals surface area contributed by atoms with Crippen LogP contribution >= 0.6 is 0 Å². The van der Waals surface area contributed by atoms with Gasteiger partial charge in [0, 0.05) is 24.9 Å². The Balaban J connectivity index is 2.02. The molecule has 110 valence electrons. The molecule has 0 unspecified atom stereocenters. The number of nitrogens with zero attached hydrogens (tertiary/aromatic N) is 3. The van der Waals surface area contributed by atoms with E-state index in [-0.39, 0.29) is 11.2 Å². The maximum atomic E-state index is 6.12.